The molecule has 1 fully saturated rings. The van der Waals surface area contributed by atoms with Crippen LogP contribution in [0.15, 0.2) is 60.7 Å². The van der Waals surface area contributed by atoms with Crippen molar-refractivity contribution in [2.75, 3.05) is 0 Å². The van der Waals surface area contributed by atoms with Crippen LogP contribution in [0, 0.1) is 11.8 Å². The van der Waals surface area contributed by atoms with Gasteiger partial charge >= 0.3 is 11.9 Å². The monoisotopic (exact) mass is 352 g/mol. The summed E-state index contributed by atoms with van der Waals surface area (Å²) in [5.74, 6) is -2.71. The van der Waals surface area contributed by atoms with E-state index in [0.29, 0.717) is 0 Å². The molecule has 2 atom stereocenters. The molecule has 1 saturated carbocycles. The molecule has 0 N–H and O–H groups in total. The van der Waals surface area contributed by atoms with Gasteiger partial charge in [-0.2, -0.15) is 0 Å². The lowest BCUT2D eigenvalue weighted by molar-refractivity contribution is -0.160. The molecule has 5 nitrogen and oxygen atoms in total. The molecular weight excluding hydrogens is 332 g/mol. The zero-order valence-corrected chi connectivity index (χ0v) is 14.3. The van der Waals surface area contributed by atoms with Crippen molar-refractivity contribution in [2.24, 2.45) is 11.8 Å². The first-order valence-corrected chi connectivity index (χ1v) is 8.56. The van der Waals surface area contributed by atoms with Crippen LogP contribution in [0.3, 0.4) is 0 Å². The Labute approximate surface area is 151 Å². The van der Waals surface area contributed by atoms with Crippen molar-refractivity contribution in [1.82, 2.24) is 0 Å². The maximum atomic E-state index is 12.4. The summed E-state index contributed by atoms with van der Waals surface area (Å²) in [5, 5.41) is 0. The summed E-state index contributed by atoms with van der Waals surface area (Å²) in [6.07, 6.45) is 0.0530. The number of rotatable bonds is 6. The van der Waals surface area contributed by atoms with Crippen LogP contribution >= 0.6 is 0 Å². The molecule has 0 aromatic heterocycles. The van der Waals surface area contributed by atoms with Gasteiger partial charge in [-0.3, -0.25) is 14.4 Å². The minimum absolute atomic E-state index is 0.0265. The highest BCUT2D eigenvalue weighted by molar-refractivity contribution is 5.95. The second-order valence-electron chi connectivity index (χ2n) is 6.35. The predicted octanol–water partition coefficient (Wildman–Crippen LogP) is 3.07. The highest BCUT2D eigenvalue weighted by Crippen LogP contribution is 2.32. The van der Waals surface area contributed by atoms with Crippen LogP contribution in [0.4, 0.5) is 0 Å². The second-order valence-corrected chi connectivity index (χ2v) is 6.35. The molecule has 26 heavy (non-hydrogen) atoms. The maximum Gasteiger partial charge on any atom is 0.310 e. The molecule has 134 valence electrons. The molecule has 0 saturated heterocycles. The number of carbonyl (C=O) groups excluding carboxylic acids is 3. The van der Waals surface area contributed by atoms with Crippen LogP contribution in [-0.4, -0.2) is 17.7 Å². The third kappa shape index (κ3) is 4.57. The largest absolute Gasteiger partial charge is 0.461 e. The smallest absolute Gasteiger partial charge is 0.310 e. The normalized spacial score (nSPS) is 19.2. The number of esters is 2. The van der Waals surface area contributed by atoms with E-state index >= 15 is 0 Å². The Morgan fingerprint density at radius 3 is 1.50 bits per heavy atom. The quantitative estimate of drug-likeness (QED) is 0.747. The van der Waals surface area contributed by atoms with E-state index in [1.54, 1.807) is 0 Å². The fourth-order valence-corrected chi connectivity index (χ4v) is 3.03. The number of carbonyl (C=O) groups is 3. The number of hydrogen-bond acceptors (Lipinski definition) is 5. The van der Waals surface area contributed by atoms with Gasteiger partial charge in [0.2, 0.25) is 0 Å². The highest BCUT2D eigenvalue weighted by atomic mass is 16.5. The standard InChI is InChI=1S/C21H20O5/c22-17-11-18(20(23)25-13-15-7-3-1-4-8-15)19(12-17)21(24)26-14-16-9-5-2-6-10-16/h1-10,18-19H,11-14H2/t18-,19+. The molecule has 0 amide bonds. The Kier molecular flexibility index (Phi) is 5.79. The number of benzene rings is 2. The Hall–Kier alpha value is -2.95. The molecule has 2 aromatic carbocycles. The second kappa shape index (κ2) is 8.43. The minimum atomic E-state index is -0.769. The van der Waals surface area contributed by atoms with Gasteiger partial charge in [0, 0.05) is 12.8 Å². The van der Waals surface area contributed by atoms with Crippen LogP contribution in [-0.2, 0) is 37.1 Å². The van der Waals surface area contributed by atoms with Crippen LogP contribution in [0.5, 0.6) is 0 Å². The average molecular weight is 352 g/mol. The lowest BCUT2D eigenvalue weighted by atomic mass is 9.96. The molecule has 0 unspecified atom stereocenters. The third-order valence-electron chi connectivity index (χ3n) is 4.43. The van der Waals surface area contributed by atoms with E-state index < -0.39 is 23.8 Å². The first-order valence-electron chi connectivity index (χ1n) is 8.56. The average Bonchev–Trinajstić information content (AvgIpc) is 3.08. The molecule has 0 bridgehead atoms. The molecule has 0 spiro atoms. The molecule has 0 aliphatic heterocycles. The van der Waals surface area contributed by atoms with Crippen molar-refractivity contribution in [1.29, 1.82) is 0 Å². The topological polar surface area (TPSA) is 69.7 Å². The molecule has 2 aromatic rings. The van der Waals surface area contributed by atoms with Gasteiger partial charge in [0.05, 0.1) is 11.8 Å². The number of hydrogen-bond donors (Lipinski definition) is 0. The fourth-order valence-electron chi connectivity index (χ4n) is 3.03. The zero-order valence-electron chi connectivity index (χ0n) is 14.3. The van der Waals surface area contributed by atoms with Gasteiger partial charge in [0.1, 0.15) is 19.0 Å². The maximum absolute atomic E-state index is 12.4. The van der Waals surface area contributed by atoms with Crippen LogP contribution in [0.1, 0.15) is 24.0 Å². The molecule has 5 heteroatoms. The lowest BCUT2D eigenvalue weighted by Crippen LogP contribution is -2.28. The van der Waals surface area contributed by atoms with E-state index in [1.165, 1.54) is 0 Å². The first-order chi connectivity index (χ1) is 12.6. The summed E-state index contributed by atoms with van der Waals surface area (Å²) in [4.78, 5) is 36.5. The van der Waals surface area contributed by atoms with E-state index in [2.05, 4.69) is 0 Å². The van der Waals surface area contributed by atoms with Crippen molar-refractivity contribution in [3.63, 3.8) is 0 Å². The van der Waals surface area contributed by atoms with Crippen molar-refractivity contribution >= 4 is 17.7 Å². The van der Waals surface area contributed by atoms with E-state index in [0.717, 1.165) is 11.1 Å². The lowest BCUT2D eigenvalue weighted by Gasteiger charge is -2.17. The van der Waals surface area contributed by atoms with E-state index in [1.807, 2.05) is 60.7 Å². The molecule has 3 rings (SSSR count). The molecular formula is C21H20O5. The van der Waals surface area contributed by atoms with Crippen molar-refractivity contribution in [2.45, 2.75) is 26.1 Å². The van der Waals surface area contributed by atoms with E-state index in [-0.39, 0.29) is 31.8 Å². The first kappa shape index (κ1) is 17.9. The van der Waals surface area contributed by atoms with Crippen molar-refractivity contribution < 1.29 is 23.9 Å². The number of ether oxygens (including phenoxy) is 2. The molecule has 0 radical (unpaired) electrons. The van der Waals surface area contributed by atoms with Gasteiger partial charge in [-0.15, -0.1) is 0 Å². The van der Waals surface area contributed by atoms with Gasteiger partial charge in [-0.25, -0.2) is 0 Å². The Bertz CT molecular complexity index is 704. The third-order valence-corrected chi connectivity index (χ3v) is 4.43. The fraction of sp³-hybridized carbons (Fsp3) is 0.286. The van der Waals surface area contributed by atoms with Crippen molar-refractivity contribution in [3.8, 4) is 0 Å². The summed E-state index contributed by atoms with van der Waals surface area (Å²) in [7, 11) is 0. The van der Waals surface area contributed by atoms with E-state index in [4.69, 9.17) is 9.47 Å². The summed E-state index contributed by atoms with van der Waals surface area (Å²) in [5.41, 5.74) is 1.71. The number of ketones is 1. The Morgan fingerprint density at radius 2 is 1.12 bits per heavy atom. The minimum Gasteiger partial charge on any atom is -0.461 e. The highest BCUT2D eigenvalue weighted by Gasteiger charge is 2.44. The van der Waals surface area contributed by atoms with Gasteiger partial charge < -0.3 is 9.47 Å². The molecule has 0 heterocycles. The summed E-state index contributed by atoms with van der Waals surface area (Å²) in [6.45, 7) is 0.242. The number of Topliss-reactive ketones (excluding diaryl/α,β-unsaturated/α-hetero) is 1. The van der Waals surface area contributed by atoms with Gasteiger partial charge in [0.25, 0.3) is 0 Å². The van der Waals surface area contributed by atoms with Crippen LogP contribution in [0.2, 0.25) is 0 Å². The van der Waals surface area contributed by atoms with E-state index in [9.17, 15) is 14.4 Å². The summed E-state index contributed by atoms with van der Waals surface area (Å²) >= 11 is 0. The van der Waals surface area contributed by atoms with Crippen molar-refractivity contribution in [3.05, 3.63) is 71.8 Å². The summed E-state index contributed by atoms with van der Waals surface area (Å²) < 4.78 is 10.6. The van der Waals surface area contributed by atoms with Crippen LogP contribution < -0.4 is 0 Å². The predicted molar refractivity (Wildman–Crippen MR) is 93.7 cm³/mol. The Balaban J connectivity index is 1.57. The molecule has 1 aliphatic rings. The van der Waals surface area contributed by atoms with Gasteiger partial charge in [0.15, 0.2) is 0 Å². The zero-order chi connectivity index (χ0) is 18.4. The SMILES string of the molecule is O=C1C[C@H](C(=O)OCc2ccccc2)[C@H](C(=O)OCc2ccccc2)C1. The van der Waals surface area contributed by atoms with Gasteiger partial charge in [-0.1, -0.05) is 60.7 Å². The Morgan fingerprint density at radius 1 is 0.731 bits per heavy atom. The van der Waals surface area contributed by atoms with Gasteiger partial charge in [-0.05, 0) is 11.1 Å². The summed E-state index contributed by atoms with van der Waals surface area (Å²) in [6, 6.07) is 18.5. The molecule has 1 aliphatic carbocycles. The van der Waals surface area contributed by atoms with Crippen LogP contribution in [0.25, 0.3) is 0 Å².